The minimum absolute atomic E-state index is 0.554. The fraction of sp³-hybridized carbons (Fsp3) is 0.0769. The highest BCUT2D eigenvalue weighted by Gasteiger charge is 2.20. The van der Waals surface area contributed by atoms with Gasteiger partial charge in [0, 0.05) is 0 Å². The molecule has 0 amide bonds. The monoisotopic (exact) mass is 291 g/mol. The van der Waals surface area contributed by atoms with Crippen molar-refractivity contribution in [1.29, 1.82) is 0 Å². The zero-order chi connectivity index (χ0) is 13.2. The largest absolute Gasteiger partial charge is 0.381 e. The van der Waals surface area contributed by atoms with Crippen molar-refractivity contribution in [3.63, 3.8) is 0 Å². The number of thiophene rings is 1. The van der Waals surface area contributed by atoms with E-state index in [0.29, 0.717) is 15.6 Å². The van der Waals surface area contributed by atoms with Gasteiger partial charge in [-0.3, -0.25) is 0 Å². The minimum atomic E-state index is -0.831. The van der Waals surface area contributed by atoms with Crippen LogP contribution in [0, 0.1) is 0 Å². The highest BCUT2D eigenvalue weighted by molar-refractivity contribution is 7.10. The highest BCUT2D eigenvalue weighted by Crippen LogP contribution is 2.32. The van der Waals surface area contributed by atoms with Crippen LogP contribution in [0.15, 0.2) is 48.0 Å². The number of aromatic nitrogens is 3. The van der Waals surface area contributed by atoms with Crippen molar-refractivity contribution in [2.75, 3.05) is 0 Å². The number of hydrogen-bond donors (Lipinski definition) is 1. The predicted molar refractivity (Wildman–Crippen MR) is 74.7 cm³/mol. The van der Waals surface area contributed by atoms with Gasteiger partial charge in [0.1, 0.15) is 6.10 Å². The molecule has 0 radical (unpaired) electrons. The minimum Gasteiger partial charge on any atom is -0.381 e. The lowest BCUT2D eigenvalue weighted by molar-refractivity contribution is 0.216. The van der Waals surface area contributed by atoms with Gasteiger partial charge in [-0.05, 0) is 23.6 Å². The van der Waals surface area contributed by atoms with E-state index in [2.05, 4.69) is 10.3 Å². The zero-order valence-electron chi connectivity index (χ0n) is 9.77. The maximum Gasteiger partial charge on any atom is 0.133 e. The summed E-state index contributed by atoms with van der Waals surface area (Å²) in [4.78, 5) is 0.696. The van der Waals surface area contributed by atoms with Crippen molar-refractivity contribution in [3.05, 3.63) is 63.6 Å². The van der Waals surface area contributed by atoms with Gasteiger partial charge in [0.2, 0.25) is 0 Å². The normalized spacial score (nSPS) is 12.5. The molecule has 0 aliphatic rings. The molecule has 1 unspecified atom stereocenters. The maximum atomic E-state index is 10.4. The lowest BCUT2D eigenvalue weighted by Crippen LogP contribution is -2.07. The molecule has 0 bridgehead atoms. The van der Waals surface area contributed by atoms with Crippen molar-refractivity contribution < 1.29 is 5.11 Å². The Bertz CT molecular complexity index is 680. The van der Waals surface area contributed by atoms with Crippen LogP contribution in [-0.2, 0) is 0 Å². The Kier molecular flexibility index (Phi) is 3.33. The van der Waals surface area contributed by atoms with Crippen molar-refractivity contribution in [2.45, 2.75) is 6.10 Å². The van der Waals surface area contributed by atoms with E-state index in [0.717, 1.165) is 5.69 Å². The SMILES string of the molecule is OC(c1sccc1Cl)c1cnnn1-c1ccccc1. The first kappa shape index (κ1) is 12.3. The summed E-state index contributed by atoms with van der Waals surface area (Å²) >= 11 is 7.46. The molecule has 0 fully saturated rings. The Balaban J connectivity index is 2.04. The van der Waals surface area contributed by atoms with Gasteiger partial charge in [0.15, 0.2) is 0 Å². The molecular formula is C13H10ClN3OS. The van der Waals surface area contributed by atoms with E-state index in [1.807, 2.05) is 35.7 Å². The van der Waals surface area contributed by atoms with Crippen LogP contribution in [0.4, 0.5) is 0 Å². The van der Waals surface area contributed by atoms with Gasteiger partial charge in [0.05, 0.1) is 27.5 Å². The van der Waals surface area contributed by atoms with Gasteiger partial charge < -0.3 is 5.11 Å². The average Bonchev–Trinajstić information content (AvgIpc) is 3.07. The summed E-state index contributed by atoms with van der Waals surface area (Å²) in [6.45, 7) is 0. The standard InChI is InChI=1S/C13H10ClN3OS/c14-10-6-7-19-13(10)12(18)11-8-15-16-17(11)9-4-2-1-3-5-9/h1-8,12,18H. The van der Waals surface area contributed by atoms with Crippen molar-refractivity contribution in [2.24, 2.45) is 0 Å². The van der Waals surface area contributed by atoms with Crippen molar-refractivity contribution in [1.82, 2.24) is 15.0 Å². The molecule has 0 spiro atoms. The number of halogens is 1. The molecule has 3 rings (SSSR count). The Morgan fingerprint density at radius 1 is 1.21 bits per heavy atom. The first-order valence-corrected chi connectivity index (χ1v) is 6.90. The van der Waals surface area contributed by atoms with E-state index in [-0.39, 0.29) is 0 Å². The molecule has 4 nitrogen and oxygen atoms in total. The number of benzene rings is 1. The summed E-state index contributed by atoms with van der Waals surface area (Å²) < 4.78 is 1.61. The molecule has 2 heterocycles. The van der Waals surface area contributed by atoms with Crippen LogP contribution in [0.2, 0.25) is 5.02 Å². The van der Waals surface area contributed by atoms with Crippen LogP contribution >= 0.6 is 22.9 Å². The Morgan fingerprint density at radius 2 is 2.00 bits per heavy atom. The molecule has 1 atom stereocenters. The molecule has 96 valence electrons. The Hall–Kier alpha value is -1.69. The second-order valence-electron chi connectivity index (χ2n) is 3.94. The summed E-state index contributed by atoms with van der Waals surface area (Å²) in [7, 11) is 0. The maximum absolute atomic E-state index is 10.4. The fourth-order valence-corrected chi connectivity index (χ4v) is 2.99. The summed E-state index contributed by atoms with van der Waals surface area (Å²) in [5, 5.41) is 20.7. The van der Waals surface area contributed by atoms with Gasteiger partial charge in [-0.15, -0.1) is 16.4 Å². The van der Waals surface area contributed by atoms with Crippen molar-refractivity contribution >= 4 is 22.9 Å². The molecule has 0 saturated carbocycles. The molecular weight excluding hydrogens is 282 g/mol. The predicted octanol–water partition coefficient (Wildman–Crippen LogP) is 3.06. The molecule has 6 heteroatoms. The van der Waals surface area contributed by atoms with E-state index < -0.39 is 6.10 Å². The van der Waals surface area contributed by atoms with Crippen LogP contribution in [0.25, 0.3) is 5.69 Å². The molecule has 2 aromatic heterocycles. The number of nitrogens with zero attached hydrogens (tertiary/aromatic N) is 3. The lowest BCUT2D eigenvalue weighted by Gasteiger charge is -2.11. The molecule has 19 heavy (non-hydrogen) atoms. The van der Waals surface area contributed by atoms with E-state index in [4.69, 9.17) is 11.6 Å². The first-order valence-electron chi connectivity index (χ1n) is 5.64. The molecule has 1 N–H and O–H groups in total. The smallest absolute Gasteiger partial charge is 0.133 e. The lowest BCUT2D eigenvalue weighted by atomic mass is 10.2. The number of rotatable bonds is 3. The second-order valence-corrected chi connectivity index (χ2v) is 5.30. The van der Waals surface area contributed by atoms with E-state index in [1.54, 1.807) is 16.9 Å². The summed E-state index contributed by atoms with van der Waals surface area (Å²) in [5.74, 6) is 0. The van der Waals surface area contributed by atoms with Gasteiger partial charge >= 0.3 is 0 Å². The van der Waals surface area contributed by atoms with Crippen LogP contribution in [-0.4, -0.2) is 20.1 Å². The van der Waals surface area contributed by atoms with E-state index >= 15 is 0 Å². The van der Waals surface area contributed by atoms with Gasteiger partial charge in [0.25, 0.3) is 0 Å². The molecule has 1 aromatic carbocycles. The fourth-order valence-electron chi connectivity index (χ4n) is 1.83. The van der Waals surface area contributed by atoms with Gasteiger partial charge in [-0.1, -0.05) is 35.0 Å². The Morgan fingerprint density at radius 3 is 2.68 bits per heavy atom. The number of hydrogen-bond acceptors (Lipinski definition) is 4. The third-order valence-corrected chi connectivity index (χ3v) is 4.16. The second kappa shape index (κ2) is 5.13. The quantitative estimate of drug-likeness (QED) is 0.807. The van der Waals surface area contributed by atoms with Crippen LogP contribution in [0.5, 0.6) is 0 Å². The van der Waals surface area contributed by atoms with Crippen LogP contribution < -0.4 is 0 Å². The topological polar surface area (TPSA) is 50.9 Å². The summed E-state index contributed by atoms with van der Waals surface area (Å²) in [6, 6.07) is 11.3. The van der Waals surface area contributed by atoms with E-state index in [9.17, 15) is 5.11 Å². The average molecular weight is 292 g/mol. The molecule has 3 aromatic rings. The molecule has 0 saturated heterocycles. The third kappa shape index (κ3) is 2.28. The van der Waals surface area contributed by atoms with Crippen LogP contribution in [0.3, 0.4) is 0 Å². The summed E-state index contributed by atoms with van der Waals surface area (Å²) in [6.07, 6.45) is 0.718. The summed E-state index contributed by atoms with van der Waals surface area (Å²) in [5.41, 5.74) is 1.44. The highest BCUT2D eigenvalue weighted by atomic mass is 35.5. The number of para-hydroxylation sites is 1. The Labute approximate surface area is 118 Å². The van der Waals surface area contributed by atoms with Crippen molar-refractivity contribution in [3.8, 4) is 5.69 Å². The number of aliphatic hydroxyl groups excluding tert-OH is 1. The zero-order valence-corrected chi connectivity index (χ0v) is 11.3. The van der Waals surface area contributed by atoms with Gasteiger partial charge in [-0.2, -0.15) is 0 Å². The first-order chi connectivity index (χ1) is 9.27. The van der Waals surface area contributed by atoms with Crippen LogP contribution in [0.1, 0.15) is 16.7 Å². The van der Waals surface area contributed by atoms with E-state index in [1.165, 1.54) is 11.3 Å². The molecule has 0 aliphatic heterocycles. The number of aliphatic hydroxyl groups is 1. The molecule has 0 aliphatic carbocycles. The third-order valence-electron chi connectivity index (χ3n) is 2.75. The van der Waals surface area contributed by atoms with Gasteiger partial charge in [-0.25, -0.2) is 4.68 Å².